The Morgan fingerprint density at radius 1 is 1.58 bits per heavy atom. The highest BCUT2D eigenvalue weighted by atomic mass is 16.5. The fourth-order valence-corrected chi connectivity index (χ4v) is 2.12. The SMILES string of the molecule is CNCCc1ccc2c(c1)N(C(C)C#N)C(=O)CO2. The zero-order chi connectivity index (χ0) is 13.8. The summed E-state index contributed by atoms with van der Waals surface area (Å²) >= 11 is 0. The molecule has 2 rings (SSSR count). The molecule has 0 radical (unpaired) electrons. The lowest BCUT2D eigenvalue weighted by Gasteiger charge is -2.31. The molecule has 1 aromatic carbocycles. The second-order valence-electron chi connectivity index (χ2n) is 4.51. The van der Waals surface area contributed by atoms with E-state index in [1.54, 1.807) is 6.92 Å². The lowest BCUT2D eigenvalue weighted by atomic mass is 10.1. The van der Waals surface area contributed by atoms with Gasteiger partial charge in [0.15, 0.2) is 6.61 Å². The zero-order valence-corrected chi connectivity index (χ0v) is 11.1. The van der Waals surface area contributed by atoms with E-state index in [1.807, 2.05) is 25.2 Å². The Morgan fingerprint density at radius 2 is 2.37 bits per heavy atom. The van der Waals surface area contributed by atoms with Gasteiger partial charge in [-0.1, -0.05) is 6.07 Å². The van der Waals surface area contributed by atoms with Gasteiger partial charge in [-0.05, 0) is 44.6 Å². The predicted octanol–water partition coefficient (Wildman–Crippen LogP) is 1.09. The number of amides is 1. The van der Waals surface area contributed by atoms with Crippen LogP contribution in [-0.4, -0.2) is 32.1 Å². The Morgan fingerprint density at radius 3 is 3.05 bits per heavy atom. The molecule has 5 heteroatoms. The van der Waals surface area contributed by atoms with Crippen LogP contribution < -0.4 is 15.0 Å². The molecule has 0 spiro atoms. The number of likely N-dealkylation sites (N-methyl/N-ethyl adjacent to an activating group) is 1. The van der Waals surface area contributed by atoms with Crippen LogP contribution in [0.1, 0.15) is 12.5 Å². The van der Waals surface area contributed by atoms with Crippen LogP contribution in [0.4, 0.5) is 5.69 Å². The van der Waals surface area contributed by atoms with E-state index in [9.17, 15) is 4.79 Å². The molecule has 19 heavy (non-hydrogen) atoms. The number of nitrogens with zero attached hydrogens (tertiary/aromatic N) is 2. The average Bonchev–Trinajstić information content (AvgIpc) is 2.44. The summed E-state index contributed by atoms with van der Waals surface area (Å²) in [6.45, 7) is 2.57. The van der Waals surface area contributed by atoms with E-state index in [0.29, 0.717) is 11.4 Å². The Labute approximate surface area is 112 Å². The zero-order valence-electron chi connectivity index (χ0n) is 11.1. The van der Waals surface area contributed by atoms with Crippen molar-refractivity contribution >= 4 is 11.6 Å². The second-order valence-corrected chi connectivity index (χ2v) is 4.51. The van der Waals surface area contributed by atoms with Gasteiger partial charge in [0.25, 0.3) is 5.91 Å². The van der Waals surface area contributed by atoms with Crippen LogP contribution in [0.3, 0.4) is 0 Å². The normalized spacial score (nSPS) is 15.4. The minimum atomic E-state index is -0.491. The summed E-state index contributed by atoms with van der Waals surface area (Å²) < 4.78 is 5.40. The van der Waals surface area contributed by atoms with Gasteiger partial charge in [-0.15, -0.1) is 0 Å². The van der Waals surface area contributed by atoms with Crippen molar-refractivity contribution in [1.29, 1.82) is 5.26 Å². The molecule has 0 bridgehead atoms. The average molecular weight is 259 g/mol. The van der Waals surface area contributed by atoms with Gasteiger partial charge in [-0.3, -0.25) is 9.69 Å². The third-order valence-corrected chi connectivity index (χ3v) is 3.14. The van der Waals surface area contributed by atoms with Crippen LogP contribution in [0.25, 0.3) is 0 Å². The number of nitrogens with one attached hydrogen (secondary N) is 1. The van der Waals surface area contributed by atoms with Crippen molar-refractivity contribution in [3.63, 3.8) is 0 Å². The van der Waals surface area contributed by atoms with Crippen molar-refractivity contribution in [1.82, 2.24) is 5.32 Å². The first kappa shape index (κ1) is 13.4. The summed E-state index contributed by atoms with van der Waals surface area (Å²) in [4.78, 5) is 13.4. The molecule has 0 fully saturated rings. The number of hydrogen-bond acceptors (Lipinski definition) is 4. The number of carbonyl (C=O) groups is 1. The Balaban J connectivity index is 2.36. The first-order chi connectivity index (χ1) is 9.17. The number of benzene rings is 1. The maximum absolute atomic E-state index is 11.9. The molecule has 0 aliphatic carbocycles. The molecular formula is C14H17N3O2. The first-order valence-electron chi connectivity index (χ1n) is 6.29. The van der Waals surface area contributed by atoms with E-state index in [-0.39, 0.29) is 12.5 Å². The summed E-state index contributed by atoms with van der Waals surface area (Å²) in [6.07, 6.45) is 0.868. The van der Waals surface area contributed by atoms with Crippen molar-refractivity contribution in [2.75, 3.05) is 25.1 Å². The van der Waals surface area contributed by atoms with Gasteiger partial charge in [-0.2, -0.15) is 5.26 Å². The van der Waals surface area contributed by atoms with Crippen molar-refractivity contribution in [2.45, 2.75) is 19.4 Å². The van der Waals surface area contributed by atoms with Gasteiger partial charge in [-0.25, -0.2) is 0 Å². The molecule has 1 aromatic rings. The van der Waals surface area contributed by atoms with Gasteiger partial charge in [0.1, 0.15) is 11.8 Å². The number of nitriles is 1. The summed E-state index contributed by atoms with van der Waals surface area (Å²) in [5.41, 5.74) is 1.81. The fourth-order valence-electron chi connectivity index (χ4n) is 2.12. The third kappa shape index (κ3) is 2.69. The Hall–Kier alpha value is -2.06. The molecule has 1 unspecified atom stereocenters. The highest BCUT2D eigenvalue weighted by molar-refractivity contribution is 5.98. The fraction of sp³-hybridized carbons (Fsp3) is 0.429. The Bertz CT molecular complexity index is 522. The van der Waals surface area contributed by atoms with E-state index < -0.39 is 6.04 Å². The van der Waals surface area contributed by atoms with Crippen LogP contribution in [0.15, 0.2) is 18.2 Å². The number of hydrogen-bond donors (Lipinski definition) is 1. The van der Waals surface area contributed by atoms with E-state index in [4.69, 9.17) is 10.00 Å². The number of carbonyl (C=O) groups excluding carboxylic acids is 1. The summed E-state index contributed by atoms with van der Waals surface area (Å²) in [6, 6.07) is 7.40. The van der Waals surface area contributed by atoms with E-state index in [0.717, 1.165) is 18.5 Å². The maximum Gasteiger partial charge on any atom is 0.266 e. The maximum atomic E-state index is 11.9. The molecule has 0 saturated carbocycles. The Kier molecular flexibility index (Phi) is 4.03. The van der Waals surface area contributed by atoms with Gasteiger partial charge < -0.3 is 10.1 Å². The van der Waals surface area contributed by atoms with Crippen molar-refractivity contribution in [2.24, 2.45) is 0 Å². The summed E-state index contributed by atoms with van der Waals surface area (Å²) in [7, 11) is 1.90. The lowest BCUT2D eigenvalue weighted by molar-refractivity contribution is -0.121. The molecule has 100 valence electrons. The molecule has 1 aliphatic rings. The number of fused-ring (bicyclic) bond motifs is 1. The van der Waals surface area contributed by atoms with Gasteiger partial charge >= 0.3 is 0 Å². The molecule has 1 amide bonds. The molecule has 1 atom stereocenters. The van der Waals surface area contributed by atoms with Crippen LogP contribution in [0, 0.1) is 11.3 Å². The molecule has 1 N–H and O–H groups in total. The third-order valence-electron chi connectivity index (χ3n) is 3.14. The molecule has 0 saturated heterocycles. The quantitative estimate of drug-likeness (QED) is 0.879. The topological polar surface area (TPSA) is 65.4 Å². The van der Waals surface area contributed by atoms with Gasteiger partial charge in [0.05, 0.1) is 11.8 Å². The van der Waals surface area contributed by atoms with Gasteiger partial charge in [0, 0.05) is 0 Å². The molecular weight excluding hydrogens is 242 g/mol. The molecule has 5 nitrogen and oxygen atoms in total. The minimum Gasteiger partial charge on any atom is -0.482 e. The van der Waals surface area contributed by atoms with E-state index in [2.05, 4.69) is 11.4 Å². The number of rotatable bonds is 4. The summed E-state index contributed by atoms with van der Waals surface area (Å²) in [5, 5.41) is 12.1. The molecule has 1 heterocycles. The van der Waals surface area contributed by atoms with Crippen LogP contribution in [-0.2, 0) is 11.2 Å². The van der Waals surface area contributed by atoms with Crippen molar-refractivity contribution in [3.8, 4) is 11.8 Å². The van der Waals surface area contributed by atoms with Gasteiger partial charge in [0.2, 0.25) is 0 Å². The highest BCUT2D eigenvalue weighted by Crippen LogP contribution is 2.34. The smallest absolute Gasteiger partial charge is 0.266 e. The largest absolute Gasteiger partial charge is 0.482 e. The van der Waals surface area contributed by atoms with E-state index >= 15 is 0 Å². The first-order valence-corrected chi connectivity index (χ1v) is 6.29. The minimum absolute atomic E-state index is 0.00508. The van der Waals surface area contributed by atoms with Crippen LogP contribution in [0.5, 0.6) is 5.75 Å². The molecule has 0 aromatic heterocycles. The van der Waals surface area contributed by atoms with Crippen molar-refractivity contribution in [3.05, 3.63) is 23.8 Å². The standard InChI is InChI=1S/C14H17N3O2/c1-10(8-15)17-12-7-11(5-6-16-2)3-4-13(12)19-9-14(17)18/h3-4,7,10,16H,5-6,9H2,1-2H3. The lowest BCUT2D eigenvalue weighted by Crippen LogP contribution is -2.44. The monoisotopic (exact) mass is 259 g/mol. The highest BCUT2D eigenvalue weighted by Gasteiger charge is 2.29. The van der Waals surface area contributed by atoms with Crippen LogP contribution >= 0.6 is 0 Å². The van der Waals surface area contributed by atoms with E-state index in [1.165, 1.54) is 4.90 Å². The second kappa shape index (κ2) is 5.72. The summed E-state index contributed by atoms with van der Waals surface area (Å²) in [5.74, 6) is 0.488. The number of ether oxygens (including phenoxy) is 1. The molecule has 1 aliphatic heterocycles. The van der Waals surface area contributed by atoms with Crippen LogP contribution in [0.2, 0.25) is 0 Å². The number of anilines is 1. The van der Waals surface area contributed by atoms with Crippen molar-refractivity contribution < 1.29 is 9.53 Å². The predicted molar refractivity (Wildman–Crippen MR) is 72.1 cm³/mol.